The Kier molecular flexibility index (Phi) is 7.96. The van der Waals surface area contributed by atoms with Crippen molar-refractivity contribution in [3.63, 3.8) is 0 Å². The molecular formula is C20H26N4O3. The molecule has 0 saturated heterocycles. The molecule has 2 aromatic rings. The lowest BCUT2D eigenvalue weighted by Gasteiger charge is -2.12. The SMILES string of the molecule is CCNC(=NCc1cccc(OC)c1)NCc1ccc(NC(=O)OC)cc1. The van der Waals surface area contributed by atoms with Gasteiger partial charge in [0.2, 0.25) is 0 Å². The van der Waals surface area contributed by atoms with E-state index in [1.54, 1.807) is 7.11 Å². The number of hydrogen-bond donors (Lipinski definition) is 3. The molecule has 0 unspecified atom stereocenters. The molecule has 7 heteroatoms. The Morgan fingerprint density at radius 1 is 1.04 bits per heavy atom. The van der Waals surface area contributed by atoms with Crippen LogP contribution < -0.4 is 20.7 Å². The minimum atomic E-state index is -0.486. The summed E-state index contributed by atoms with van der Waals surface area (Å²) in [4.78, 5) is 15.8. The molecular weight excluding hydrogens is 344 g/mol. The summed E-state index contributed by atoms with van der Waals surface area (Å²) in [7, 11) is 2.99. The maximum absolute atomic E-state index is 11.2. The number of methoxy groups -OCH3 is 2. The van der Waals surface area contributed by atoms with Gasteiger partial charge < -0.3 is 20.1 Å². The summed E-state index contributed by atoms with van der Waals surface area (Å²) in [5.74, 6) is 1.55. The highest BCUT2D eigenvalue weighted by Gasteiger charge is 2.02. The molecule has 7 nitrogen and oxygen atoms in total. The van der Waals surface area contributed by atoms with Crippen LogP contribution >= 0.6 is 0 Å². The first kappa shape index (κ1) is 20.1. The normalized spacial score (nSPS) is 10.9. The number of benzene rings is 2. The molecule has 2 aromatic carbocycles. The smallest absolute Gasteiger partial charge is 0.411 e. The summed E-state index contributed by atoms with van der Waals surface area (Å²) in [5.41, 5.74) is 2.83. The summed E-state index contributed by atoms with van der Waals surface area (Å²) in [5, 5.41) is 9.16. The van der Waals surface area contributed by atoms with Crippen LogP contribution in [0.25, 0.3) is 0 Å². The molecule has 0 spiro atoms. The Labute approximate surface area is 159 Å². The first-order chi connectivity index (χ1) is 13.1. The van der Waals surface area contributed by atoms with Crippen LogP contribution in [0.2, 0.25) is 0 Å². The molecule has 0 aromatic heterocycles. The third-order valence-electron chi connectivity index (χ3n) is 3.74. The number of amides is 1. The molecule has 1 amide bonds. The van der Waals surface area contributed by atoms with E-state index in [9.17, 15) is 4.79 Å². The molecule has 0 aliphatic heterocycles. The highest BCUT2D eigenvalue weighted by Crippen LogP contribution is 2.13. The highest BCUT2D eigenvalue weighted by atomic mass is 16.5. The predicted octanol–water partition coefficient (Wildman–Crippen LogP) is 3.13. The molecule has 0 radical (unpaired) electrons. The van der Waals surface area contributed by atoms with Crippen molar-refractivity contribution in [2.75, 3.05) is 26.1 Å². The fourth-order valence-corrected chi connectivity index (χ4v) is 2.34. The monoisotopic (exact) mass is 370 g/mol. The van der Waals surface area contributed by atoms with Crippen LogP contribution in [-0.4, -0.2) is 32.8 Å². The van der Waals surface area contributed by atoms with Gasteiger partial charge >= 0.3 is 6.09 Å². The predicted molar refractivity (Wildman–Crippen MR) is 107 cm³/mol. The van der Waals surface area contributed by atoms with Gasteiger partial charge in [-0.15, -0.1) is 0 Å². The van der Waals surface area contributed by atoms with E-state index >= 15 is 0 Å². The summed E-state index contributed by atoms with van der Waals surface area (Å²) in [6.45, 7) is 3.96. The lowest BCUT2D eigenvalue weighted by atomic mass is 10.2. The Morgan fingerprint density at radius 3 is 2.48 bits per heavy atom. The second-order valence-electron chi connectivity index (χ2n) is 5.71. The second kappa shape index (κ2) is 10.7. The number of anilines is 1. The zero-order chi connectivity index (χ0) is 19.5. The van der Waals surface area contributed by atoms with Crippen molar-refractivity contribution < 1.29 is 14.3 Å². The molecule has 2 rings (SSSR count). The molecule has 27 heavy (non-hydrogen) atoms. The molecule has 3 N–H and O–H groups in total. The summed E-state index contributed by atoms with van der Waals surface area (Å²) in [6, 6.07) is 15.4. The molecule has 144 valence electrons. The Morgan fingerprint density at radius 2 is 1.81 bits per heavy atom. The van der Waals surface area contributed by atoms with Crippen LogP contribution in [0.5, 0.6) is 5.75 Å². The number of carbonyl (C=O) groups is 1. The van der Waals surface area contributed by atoms with Crippen LogP contribution in [0.1, 0.15) is 18.1 Å². The van der Waals surface area contributed by atoms with Crippen molar-refractivity contribution in [3.05, 3.63) is 59.7 Å². The topological polar surface area (TPSA) is 84.0 Å². The van der Waals surface area contributed by atoms with E-state index in [1.165, 1.54) is 7.11 Å². The van der Waals surface area contributed by atoms with E-state index in [0.29, 0.717) is 18.8 Å². The van der Waals surface area contributed by atoms with Crippen molar-refractivity contribution in [1.82, 2.24) is 10.6 Å². The van der Waals surface area contributed by atoms with Crippen molar-refractivity contribution in [2.24, 2.45) is 4.99 Å². The Hall–Kier alpha value is -3.22. The quantitative estimate of drug-likeness (QED) is 0.515. The van der Waals surface area contributed by atoms with Gasteiger partial charge in [0.15, 0.2) is 5.96 Å². The summed E-state index contributed by atoms with van der Waals surface area (Å²) < 4.78 is 9.82. The molecule has 0 fully saturated rings. The van der Waals surface area contributed by atoms with E-state index in [2.05, 4.69) is 25.7 Å². The zero-order valence-electron chi connectivity index (χ0n) is 15.9. The largest absolute Gasteiger partial charge is 0.497 e. The fourth-order valence-electron chi connectivity index (χ4n) is 2.34. The summed E-state index contributed by atoms with van der Waals surface area (Å²) in [6.07, 6.45) is -0.486. The minimum Gasteiger partial charge on any atom is -0.497 e. The van der Waals surface area contributed by atoms with Gasteiger partial charge in [0.05, 0.1) is 20.8 Å². The van der Waals surface area contributed by atoms with Crippen LogP contribution in [0.15, 0.2) is 53.5 Å². The standard InChI is InChI=1S/C20H26N4O3/c1-4-21-19(23-14-16-6-5-7-18(12-16)26-2)22-13-15-8-10-17(11-9-15)24-20(25)27-3/h5-12H,4,13-14H2,1-3H3,(H,24,25)(H2,21,22,23). The van der Waals surface area contributed by atoms with Crippen molar-refractivity contribution >= 4 is 17.7 Å². The van der Waals surface area contributed by atoms with Gasteiger partial charge in [-0.05, 0) is 42.3 Å². The van der Waals surface area contributed by atoms with E-state index in [4.69, 9.17) is 4.74 Å². The van der Waals surface area contributed by atoms with Gasteiger partial charge in [-0.2, -0.15) is 0 Å². The zero-order valence-corrected chi connectivity index (χ0v) is 15.9. The van der Waals surface area contributed by atoms with Crippen molar-refractivity contribution in [2.45, 2.75) is 20.0 Å². The van der Waals surface area contributed by atoms with Crippen LogP contribution in [0, 0.1) is 0 Å². The third-order valence-corrected chi connectivity index (χ3v) is 3.74. The van der Waals surface area contributed by atoms with Gasteiger partial charge in [0, 0.05) is 18.8 Å². The van der Waals surface area contributed by atoms with Gasteiger partial charge in [-0.25, -0.2) is 9.79 Å². The van der Waals surface area contributed by atoms with Gasteiger partial charge in [-0.1, -0.05) is 24.3 Å². The average molecular weight is 370 g/mol. The highest BCUT2D eigenvalue weighted by molar-refractivity contribution is 5.84. The average Bonchev–Trinajstić information content (AvgIpc) is 2.71. The Balaban J connectivity index is 1.94. The maximum atomic E-state index is 11.2. The number of aliphatic imine (C=N–C) groups is 1. The molecule has 0 aliphatic carbocycles. The molecule has 0 atom stereocenters. The first-order valence-electron chi connectivity index (χ1n) is 8.73. The summed E-state index contributed by atoms with van der Waals surface area (Å²) >= 11 is 0. The van der Waals surface area contributed by atoms with Gasteiger partial charge in [0.25, 0.3) is 0 Å². The van der Waals surface area contributed by atoms with Crippen molar-refractivity contribution in [1.29, 1.82) is 0 Å². The number of nitrogens with zero attached hydrogens (tertiary/aromatic N) is 1. The van der Waals surface area contributed by atoms with E-state index in [0.717, 1.165) is 29.4 Å². The third kappa shape index (κ3) is 6.89. The number of rotatable bonds is 7. The van der Waals surface area contributed by atoms with Crippen LogP contribution in [0.3, 0.4) is 0 Å². The Bertz CT molecular complexity index is 760. The maximum Gasteiger partial charge on any atom is 0.411 e. The lowest BCUT2D eigenvalue weighted by molar-refractivity contribution is 0.187. The molecule has 0 bridgehead atoms. The second-order valence-corrected chi connectivity index (χ2v) is 5.71. The van der Waals surface area contributed by atoms with E-state index in [1.807, 2.05) is 55.5 Å². The minimum absolute atomic E-state index is 0.486. The fraction of sp³-hybridized carbons (Fsp3) is 0.300. The number of ether oxygens (including phenoxy) is 2. The van der Waals surface area contributed by atoms with E-state index in [-0.39, 0.29) is 0 Å². The van der Waals surface area contributed by atoms with Crippen molar-refractivity contribution in [3.8, 4) is 5.75 Å². The van der Waals surface area contributed by atoms with E-state index < -0.39 is 6.09 Å². The first-order valence-corrected chi connectivity index (χ1v) is 8.73. The van der Waals surface area contributed by atoms with Gasteiger partial charge in [-0.3, -0.25) is 5.32 Å². The number of guanidine groups is 1. The lowest BCUT2D eigenvalue weighted by Crippen LogP contribution is -2.36. The number of hydrogen-bond acceptors (Lipinski definition) is 4. The number of carbonyl (C=O) groups excluding carboxylic acids is 1. The number of nitrogens with one attached hydrogen (secondary N) is 3. The molecule has 0 aliphatic rings. The molecule has 0 heterocycles. The molecule has 0 saturated carbocycles. The van der Waals surface area contributed by atoms with Crippen LogP contribution in [-0.2, 0) is 17.8 Å². The van der Waals surface area contributed by atoms with Gasteiger partial charge in [0.1, 0.15) is 5.75 Å². The van der Waals surface area contributed by atoms with Crippen LogP contribution in [0.4, 0.5) is 10.5 Å².